The molecule has 0 bridgehead atoms. The van der Waals surface area contributed by atoms with Crippen molar-refractivity contribution in [1.82, 2.24) is 5.01 Å². The molecule has 38 heavy (non-hydrogen) atoms. The number of hydrazone groups is 1. The predicted molar refractivity (Wildman–Crippen MR) is 151 cm³/mol. The van der Waals surface area contributed by atoms with E-state index in [9.17, 15) is 4.79 Å². The predicted octanol–water partition coefficient (Wildman–Crippen LogP) is 5.67. The summed E-state index contributed by atoms with van der Waals surface area (Å²) in [6.07, 6.45) is 2.21. The molecule has 3 aromatic carbocycles. The van der Waals surface area contributed by atoms with Gasteiger partial charge in [-0.3, -0.25) is 10.2 Å². The number of benzene rings is 3. The first kappa shape index (κ1) is 25.6. The molecule has 0 spiro atoms. The Bertz CT molecular complexity index is 1470. The monoisotopic (exact) mass is 546 g/mol. The standard InChI is InChI=1S/C28H23ClN4O4S/c1-35-24-16-19(11-12-23(24)37-14-13-36-22-10-6-5-9-21(22)29)15-20-26(30)33-28(31-27(20)34)38-25(32-33)17-18-7-3-2-4-8-18/h2-12,15-16,30H,13-14,17H2,1H3. The molecular formula is C28H23ClN4O4S. The number of fused-ring (bicyclic) bond motifs is 1. The second kappa shape index (κ2) is 11.5. The van der Waals surface area contributed by atoms with Gasteiger partial charge in [0.05, 0.1) is 17.7 Å². The van der Waals surface area contributed by atoms with Gasteiger partial charge in [-0.1, -0.05) is 60.1 Å². The molecule has 2 aliphatic heterocycles. The van der Waals surface area contributed by atoms with Crippen LogP contribution in [0.15, 0.2) is 88.5 Å². The van der Waals surface area contributed by atoms with Crippen LogP contribution in [0.4, 0.5) is 0 Å². The average Bonchev–Trinajstić information content (AvgIpc) is 3.33. The van der Waals surface area contributed by atoms with Gasteiger partial charge < -0.3 is 14.2 Å². The molecule has 1 amide bonds. The number of halogens is 1. The number of para-hydroxylation sites is 1. The SMILES string of the molecule is COc1cc(C=C2C(=N)N3N=C(Cc4ccccc4)SC3=NC2=O)ccc1OCCOc1ccccc1Cl. The maximum absolute atomic E-state index is 12.8. The first-order valence-corrected chi connectivity index (χ1v) is 12.9. The van der Waals surface area contributed by atoms with Gasteiger partial charge in [-0.25, -0.2) is 0 Å². The number of hydrogen-bond donors (Lipinski definition) is 1. The molecule has 8 nitrogen and oxygen atoms in total. The Balaban J connectivity index is 1.26. The van der Waals surface area contributed by atoms with Crippen LogP contribution < -0.4 is 14.2 Å². The van der Waals surface area contributed by atoms with Crippen molar-refractivity contribution < 1.29 is 19.0 Å². The molecule has 10 heteroatoms. The lowest BCUT2D eigenvalue weighted by Crippen LogP contribution is -2.35. The molecule has 0 fully saturated rings. The van der Waals surface area contributed by atoms with E-state index in [0.717, 1.165) is 10.6 Å². The van der Waals surface area contributed by atoms with Crippen molar-refractivity contribution in [3.8, 4) is 17.2 Å². The Morgan fingerprint density at radius 3 is 2.47 bits per heavy atom. The molecule has 0 atom stereocenters. The number of amidine groups is 2. The minimum absolute atomic E-state index is 0.0217. The molecular weight excluding hydrogens is 524 g/mol. The molecule has 192 valence electrons. The molecule has 0 saturated carbocycles. The second-order valence-electron chi connectivity index (χ2n) is 8.21. The van der Waals surface area contributed by atoms with Crippen LogP contribution in [0.3, 0.4) is 0 Å². The van der Waals surface area contributed by atoms with Crippen molar-refractivity contribution in [2.24, 2.45) is 10.1 Å². The third-order valence-electron chi connectivity index (χ3n) is 5.63. The molecule has 0 unspecified atom stereocenters. The van der Waals surface area contributed by atoms with Crippen LogP contribution in [0.25, 0.3) is 6.08 Å². The zero-order valence-corrected chi connectivity index (χ0v) is 22.0. The van der Waals surface area contributed by atoms with Crippen molar-refractivity contribution in [3.05, 3.63) is 94.5 Å². The van der Waals surface area contributed by atoms with Crippen molar-refractivity contribution in [3.63, 3.8) is 0 Å². The summed E-state index contributed by atoms with van der Waals surface area (Å²) < 4.78 is 17.0. The molecule has 0 saturated heterocycles. The lowest BCUT2D eigenvalue weighted by atomic mass is 10.1. The van der Waals surface area contributed by atoms with Gasteiger partial charge >= 0.3 is 0 Å². The van der Waals surface area contributed by atoms with Crippen LogP contribution in [0.1, 0.15) is 11.1 Å². The molecule has 0 aromatic heterocycles. The number of methoxy groups -OCH3 is 1. The van der Waals surface area contributed by atoms with Crippen LogP contribution in [0, 0.1) is 5.41 Å². The Morgan fingerprint density at radius 2 is 1.71 bits per heavy atom. The van der Waals surface area contributed by atoms with Crippen LogP contribution in [-0.4, -0.2) is 47.3 Å². The fourth-order valence-corrected chi connectivity index (χ4v) is 4.91. The number of nitrogens with one attached hydrogen (secondary N) is 1. The number of hydrogen-bond acceptors (Lipinski definition) is 7. The van der Waals surface area contributed by atoms with Crippen molar-refractivity contribution >= 4 is 51.4 Å². The molecule has 1 N–H and O–H groups in total. The summed E-state index contributed by atoms with van der Waals surface area (Å²) in [6.45, 7) is 0.573. The topological polar surface area (TPSA) is 96.6 Å². The van der Waals surface area contributed by atoms with Gasteiger partial charge in [-0.2, -0.15) is 15.1 Å². The number of rotatable bonds is 9. The minimum Gasteiger partial charge on any atom is -0.493 e. The Labute approximate surface area is 229 Å². The number of aliphatic imine (C=N–C) groups is 1. The highest BCUT2D eigenvalue weighted by Crippen LogP contribution is 2.32. The van der Waals surface area contributed by atoms with E-state index in [4.69, 9.17) is 31.2 Å². The summed E-state index contributed by atoms with van der Waals surface area (Å²) in [5.41, 5.74) is 1.90. The van der Waals surface area contributed by atoms with Gasteiger partial charge in [-0.05, 0) is 53.2 Å². The maximum Gasteiger partial charge on any atom is 0.283 e. The van der Waals surface area contributed by atoms with Gasteiger partial charge in [0.15, 0.2) is 17.3 Å². The van der Waals surface area contributed by atoms with E-state index in [1.807, 2.05) is 42.5 Å². The van der Waals surface area contributed by atoms with Gasteiger partial charge in [0.2, 0.25) is 5.17 Å². The summed E-state index contributed by atoms with van der Waals surface area (Å²) in [7, 11) is 1.54. The molecule has 0 radical (unpaired) electrons. The maximum atomic E-state index is 12.8. The van der Waals surface area contributed by atoms with Gasteiger partial charge in [0, 0.05) is 6.42 Å². The lowest BCUT2D eigenvalue weighted by Gasteiger charge is -2.20. The van der Waals surface area contributed by atoms with Gasteiger partial charge in [0.25, 0.3) is 5.91 Å². The summed E-state index contributed by atoms with van der Waals surface area (Å²) in [5.74, 6) is 1.09. The zero-order valence-electron chi connectivity index (χ0n) is 20.4. The highest BCUT2D eigenvalue weighted by atomic mass is 35.5. The smallest absolute Gasteiger partial charge is 0.283 e. The van der Waals surface area contributed by atoms with E-state index in [2.05, 4.69) is 10.1 Å². The summed E-state index contributed by atoms with van der Waals surface area (Å²) in [5, 5.41) is 16.3. The number of ether oxygens (including phenoxy) is 3. The number of thioether (sulfide) groups is 1. The normalized spacial score (nSPS) is 15.7. The molecule has 5 rings (SSSR count). The quantitative estimate of drug-likeness (QED) is 0.274. The van der Waals surface area contributed by atoms with Crippen LogP contribution in [0.5, 0.6) is 17.2 Å². The van der Waals surface area contributed by atoms with Crippen LogP contribution in [0.2, 0.25) is 5.02 Å². The number of nitrogens with zero attached hydrogens (tertiary/aromatic N) is 3. The van der Waals surface area contributed by atoms with E-state index in [1.54, 1.807) is 36.4 Å². The molecule has 0 aliphatic carbocycles. The molecule has 2 heterocycles. The number of amides is 1. The fraction of sp³-hybridized carbons (Fsp3) is 0.143. The van der Waals surface area contributed by atoms with Crippen molar-refractivity contribution in [2.45, 2.75) is 6.42 Å². The van der Waals surface area contributed by atoms with Crippen molar-refractivity contribution in [2.75, 3.05) is 20.3 Å². The Hall–Kier alpha value is -4.08. The lowest BCUT2D eigenvalue weighted by molar-refractivity contribution is -0.114. The third kappa shape index (κ3) is 5.74. The van der Waals surface area contributed by atoms with E-state index in [1.165, 1.54) is 23.9 Å². The summed E-state index contributed by atoms with van der Waals surface area (Å²) in [6, 6.07) is 22.4. The van der Waals surface area contributed by atoms with E-state index >= 15 is 0 Å². The van der Waals surface area contributed by atoms with Gasteiger partial charge in [-0.15, -0.1) is 0 Å². The highest BCUT2D eigenvalue weighted by molar-refractivity contribution is 8.26. The number of carbonyl (C=O) groups excluding carboxylic acids is 1. The summed E-state index contributed by atoms with van der Waals surface area (Å²) >= 11 is 7.41. The third-order valence-corrected chi connectivity index (χ3v) is 6.85. The van der Waals surface area contributed by atoms with Crippen LogP contribution in [-0.2, 0) is 11.2 Å². The largest absolute Gasteiger partial charge is 0.493 e. The highest BCUT2D eigenvalue weighted by Gasteiger charge is 2.35. The van der Waals surface area contributed by atoms with Crippen molar-refractivity contribution in [1.29, 1.82) is 5.41 Å². The molecule has 3 aromatic rings. The molecule has 2 aliphatic rings. The fourth-order valence-electron chi connectivity index (χ4n) is 3.80. The number of carbonyl (C=O) groups is 1. The Morgan fingerprint density at radius 1 is 0.974 bits per heavy atom. The van der Waals surface area contributed by atoms with Gasteiger partial charge in [0.1, 0.15) is 24.0 Å². The van der Waals surface area contributed by atoms with E-state index < -0.39 is 5.91 Å². The van der Waals surface area contributed by atoms with Crippen LogP contribution >= 0.6 is 23.4 Å². The first-order valence-electron chi connectivity index (χ1n) is 11.7. The Kier molecular flexibility index (Phi) is 7.76. The van der Waals surface area contributed by atoms with E-state index in [0.29, 0.717) is 46.0 Å². The summed E-state index contributed by atoms with van der Waals surface area (Å²) in [4.78, 5) is 17.0. The zero-order chi connectivity index (χ0) is 26.5. The first-order chi connectivity index (χ1) is 18.5. The average molecular weight is 547 g/mol. The van der Waals surface area contributed by atoms with E-state index in [-0.39, 0.29) is 18.0 Å². The minimum atomic E-state index is -0.485. The second-order valence-corrected chi connectivity index (χ2v) is 9.66.